The average molecular weight is 169 g/mol. The van der Waals surface area contributed by atoms with E-state index in [1.807, 2.05) is 0 Å². The topological polar surface area (TPSA) is 12.0 Å². The van der Waals surface area contributed by atoms with Crippen molar-refractivity contribution in [1.29, 1.82) is 0 Å². The van der Waals surface area contributed by atoms with Crippen molar-refractivity contribution in [3.8, 4) is 0 Å². The Bertz CT molecular complexity index is 10.0. The third kappa shape index (κ3) is 2.75. The molecule has 3 heteroatoms. The maximum Gasteiger partial charge on any atom is 0.209 e. The van der Waals surface area contributed by atoms with Gasteiger partial charge in [0.1, 0.15) is 0 Å². The highest BCUT2D eigenvalue weighted by Crippen LogP contribution is 1.57. The fraction of sp³-hybridized carbons (Fsp3) is 1.00. The van der Waals surface area contributed by atoms with Crippen LogP contribution in [0, 0.1) is 0 Å². The van der Waals surface area contributed by atoms with Gasteiger partial charge >= 0.3 is 0 Å². The van der Waals surface area contributed by atoms with Crippen LogP contribution in [-0.4, -0.2) is 7.41 Å². The third-order valence-corrected chi connectivity index (χ3v) is 0.896. The first-order chi connectivity index (χ1) is 1.91. The van der Waals surface area contributed by atoms with Gasteiger partial charge in [-0.05, 0) is 0 Å². The van der Waals surface area contributed by atoms with E-state index in [0.29, 0.717) is 0 Å². The molecule has 0 aliphatic carbocycles. The molecule has 0 saturated carbocycles. The van der Waals surface area contributed by atoms with Crippen LogP contribution in [0.25, 0.3) is 0 Å². The molecule has 0 aliphatic rings. The van der Waals surface area contributed by atoms with Crippen molar-refractivity contribution < 1.29 is 0 Å². The van der Waals surface area contributed by atoms with E-state index in [9.17, 15) is 0 Å². The SMILES string of the molecule is CBNI. The number of hydrogen-bond acceptors (Lipinski definition) is 1. The first-order valence-electron chi connectivity index (χ1n) is 1.25. The van der Waals surface area contributed by atoms with Crippen LogP contribution in [0.1, 0.15) is 0 Å². The summed E-state index contributed by atoms with van der Waals surface area (Å²) in [5.41, 5.74) is 0. The third-order valence-electron chi connectivity index (χ3n) is 0.134. The van der Waals surface area contributed by atoms with Gasteiger partial charge in [-0.25, -0.2) is 0 Å². The Hall–Kier alpha value is 0.755. The van der Waals surface area contributed by atoms with Crippen LogP contribution in [0.5, 0.6) is 0 Å². The fourth-order valence-corrected chi connectivity index (χ4v) is 0. The number of halogens is 1. The minimum absolute atomic E-state index is 1.06. The van der Waals surface area contributed by atoms with Gasteiger partial charge in [-0.3, -0.25) is 0 Å². The minimum Gasteiger partial charge on any atom is -0.304 e. The maximum atomic E-state index is 2.90. The molecule has 0 atom stereocenters. The molecule has 24 valence electrons. The van der Waals surface area contributed by atoms with Crippen molar-refractivity contribution in [2.45, 2.75) is 6.82 Å². The predicted octanol–water partition coefficient (Wildman–Crippen LogP) is 0.326. The van der Waals surface area contributed by atoms with E-state index in [-0.39, 0.29) is 0 Å². The van der Waals surface area contributed by atoms with Crippen LogP contribution >= 0.6 is 22.9 Å². The summed E-state index contributed by atoms with van der Waals surface area (Å²) in [5.74, 6) is 0. The second kappa shape index (κ2) is 3.75. The Morgan fingerprint density at radius 2 is 2.25 bits per heavy atom. The number of hydrogen-bond donors (Lipinski definition) is 1. The maximum absolute atomic E-state index is 2.90. The summed E-state index contributed by atoms with van der Waals surface area (Å²) in [6, 6.07) is 0. The highest BCUT2D eigenvalue weighted by molar-refractivity contribution is 14.1. The van der Waals surface area contributed by atoms with E-state index >= 15 is 0 Å². The number of nitrogens with one attached hydrogen (secondary N) is 1. The standard InChI is InChI=1S/CH5BIN/c1-2-4-3/h2,4H,1H3. The highest BCUT2D eigenvalue weighted by atomic mass is 127. The summed E-state index contributed by atoms with van der Waals surface area (Å²) in [7, 11) is 1.06. The van der Waals surface area contributed by atoms with Gasteiger partial charge < -0.3 is 3.44 Å². The molecule has 0 unspecified atom stereocenters. The summed E-state index contributed by atoms with van der Waals surface area (Å²) in [4.78, 5) is 0. The van der Waals surface area contributed by atoms with Crippen LogP contribution in [0.2, 0.25) is 6.82 Å². The van der Waals surface area contributed by atoms with Gasteiger partial charge in [-0.15, -0.1) is 0 Å². The van der Waals surface area contributed by atoms with Gasteiger partial charge in [0.25, 0.3) is 0 Å². The van der Waals surface area contributed by atoms with Gasteiger partial charge in [0.2, 0.25) is 7.41 Å². The normalized spacial score (nSPS) is 6.50. The lowest BCUT2D eigenvalue weighted by Crippen LogP contribution is -1.96. The molecule has 1 nitrogen and oxygen atoms in total. The lowest BCUT2D eigenvalue weighted by Gasteiger charge is -1.68. The molecule has 0 rings (SSSR count). The largest absolute Gasteiger partial charge is 0.304 e. The molecule has 0 radical (unpaired) electrons. The van der Waals surface area contributed by atoms with Crippen LogP contribution < -0.4 is 3.44 Å². The van der Waals surface area contributed by atoms with Gasteiger partial charge in [-0.1, -0.05) is 6.82 Å². The van der Waals surface area contributed by atoms with Crippen molar-refractivity contribution in [2.75, 3.05) is 0 Å². The molecule has 0 aromatic carbocycles. The van der Waals surface area contributed by atoms with E-state index < -0.39 is 0 Å². The molecule has 0 saturated heterocycles. The lowest BCUT2D eigenvalue weighted by atomic mass is 10.0. The van der Waals surface area contributed by atoms with E-state index in [0.717, 1.165) is 7.41 Å². The van der Waals surface area contributed by atoms with E-state index in [1.165, 1.54) is 0 Å². The van der Waals surface area contributed by atoms with Gasteiger partial charge in [0.15, 0.2) is 0 Å². The Labute approximate surface area is 40.9 Å². The Balaban J connectivity index is 1.97. The summed E-state index contributed by atoms with van der Waals surface area (Å²) in [5, 5.41) is 0. The molecule has 0 aromatic heterocycles. The van der Waals surface area contributed by atoms with Crippen molar-refractivity contribution >= 4 is 30.3 Å². The zero-order valence-corrected chi connectivity index (χ0v) is 4.74. The summed E-state index contributed by atoms with van der Waals surface area (Å²) < 4.78 is 2.90. The zero-order chi connectivity index (χ0) is 3.41. The molecule has 0 bridgehead atoms. The quantitative estimate of drug-likeness (QED) is 0.338. The molecule has 0 heterocycles. The Kier molecular flexibility index (Phi) is 4.46. The summed E-state index contributed by atoms with van der Waals surface area (Å²) in [6.07, 6.45) is 0. The fourth-order valence-electron chi connectivity index (χ4n) is 0. The van der Waals surface area contributed by atoms with E-state index in [2.05, 4.69) is 33.1 Å². The predicted molar refractivity (Wildman–Crippen MR) is 30.2 cm³/mol. The highest BCUT2D eigenvalue weighted by Gasteiger charge is 1.60. The summed E-state index contributed by atoms with van der Waals surface area (Å²) in [6.45, 7) is 2.06. The van der Waals surface area contributed by atoms with Crippen LogP contribution in [0.3, 0.4) is 0 Å². The minimum atomic E-state index is 1.06. The van der Waals surface area contributed by atoms with E-state index in [4.69, 9.17) is 0 Å². The van der Waals surface area contributed by atoms with Gasteiger partial charge in [0, 0.05) is 22.9 Å². The van der Waals surface area contributed by atoms with Crippen LogP contribution in [0.4, 0.5) is 0 Å². The smallest absolute Gasteiger partial charge is 0.209 e. The van der Waals surface area contributed by atoms with Crippen molar-refractivity contribution in [3.05, 3.63) is 0 Å². The molecular formula is CH5BIN. The van der Waals surface area contributed by atoms with Crippen LogP contribution in [-0.2, 0) is 0 Å². The number of rotatable bonds is 1. The summed E-state index contributed by atoms with van der Waals surface area (Å²) >= 11 is 2.10. The molecule has 0 fully saturated rings. The van der Waals surface area contributed by atoms with Crippen molar-refractivity contribution in [1.82, 2.24) is 3.44 Å². The van der Waals surface area contributed by atoms with Gasteiger partial charge in [0.05, 0.1) is 0 Å². The average Bonchev–Trinajstić information content (AvgIpc) is 1.37. The molecule has 0 aliphatic heterocycles. The van der Waals surface area contributed by atoms with Crippen LogP contribution in [0.15, 0.2) is 0 Å². The molecule has 0 spiro atoms. The first-order valence-corrected chi connectivity index (χ1v) is 2.33. The zero-order valence-electron chi connectivity index (χ0n) is 2.59. The second-order valence-corrected chi connectivity index (χ2v) is 1.25. The van der Waals surface area contributed by atoms with Gasteiger partial charge in [-0.2, -0.15) is 0 Å². The molecule has 4 heavy (non-hydrogen) atoms. The van der Waals surface area contributed by atoms with Crippen molar-refractivity contribution in [2.24, 2.45) is 0 Å². The molecular weight excluding hydrogens is 164 g/mol. The Morgan fingerprint density at radius 1 is 2.00 bits per heavy atom. The molecule has 0 amide bonds. The Morgan fingerprint density at radius 3 is 2.25 bits per heavy atom. The van der Waals surface area contributed by atoms with Crippen molar-refractivity contribution in [3.63, 3.8) is 0 Å². The molecule has 1 N–H and O–H groups in total. The molecule has 0 aromatic rings. The first kappa shape index (κ1) is 4.75. The monoisotopic (exact) mass is 169 g/mol. The lowest BCUT2D eigenvalue weighted by molar-refractivity contribution is 1.75. The second-order valence-electron chi connectivity index (χ2n) is 0.487. The van der Waals surface area contributed by atoms with E-state index in [1.54, 1.807) is 0 Å².